The zero-order valence-electron chi connectivity index (χ0n) is 12.4. The van der Waals surface area contributed by atoms with Crippen molar-refractivity contribution < 1.29 is 33.2 Å². The fourth-order valence-electron chi connectivity index (χ4n) is 2.31. The zero-order chi connectivity index (χ0) is 16.0. The Bertz CT molecular complexity index is 415. The second-order valence-corrected chi connectivity index (χ2v) is 7.00. The number of rotatable bonds is 9. The molecule has 0 radical (unpaired) electrons. The van der Waals surface area contributed by atoms with Crippen molar-refractivity contribution in [1.29, 1.82) is 0 Å². The van der Waals surface area contributed by atoms with Gasteiger partial charge < -0.3 is 14.5 Å². The summed E-state index contributed by atoms with van der Waals surface area (Å²) in [6, 6.07) is 0. The predicted octanol–water partition coefficient (Wildman–Crippen LogP) is 1.67. The number of esters is 1. The second kappa shape index (κ2) is 8.03. The molecule has 0 aromatic carbocycles. The van der Waals surface area contributed by atoms with Gasteiger partial charge in [0.25, 0.3) is 0 Å². The van der Waals surface area contributed by atoms with Crippen molar-refractivity contribution in [2.45, 2.75) is 39.5 Å². The van der Waals surface area contributed by atoms with Crippen molar-refractivity contribution in [2.24, 2.45) is 17.8 Å². The third-order valence-electron chi connectivity index (χ3n) is 3.42. The van der Waals surface area contributed by atoms with Crippen LogP contribution in [0.1, 0.15) is 39.5 Å². The lowest BCUT2D eigenvalue weighted by Gasteiger charge is -2.14. The highest BCUT2D eigenvalue weighted by molar-refractivity contribution is 7.46. The van der Waals surface area contributed by atoms with E-state index in [1.807, 2.05) is 0 Å². The number of unbranched alkanes of at least 4 members (excludes halogenated alkanes) is 1. The fourth-order valence-corrected chi connectivity index (χ4v) is 2.69. The molecule has 1 aliphatic heterocycles. The summed E-state index contributed by atoms with van der Waals surface area (Å²) in [5.41, 5.74) is 0. The Balaban J connectivity index is 2.46. The van der Waals surface area contributed by atoms with Gasteiger partial charge in [0.05, 0.1) is 13.2 Å². The molecule has 8 heteroatoms. The number of ketones is 1. The molecule has 2 atom stereocenters. The van der Waals surface area contributed by atoms with Crippen LogP contribution in [0.3, 0.4) is 0 Å². The summed E-state index contributed by atoms with van der Waals surface area (Å²) >= 11 is 0. The van der Waals surface area contributed by atoms with Crippen molar-refractivity contribution in [3.63, 3.8) is 0 Å². The molecule has 122 valence electrons. The van der Waals surface area contributed by atoms with E-state index < -0.39 is 25.6 Å². The van der Waals surface area contributed by atoms with Gasteiger partial charge in [0.2, 0.25) is 0 Å². The lowest BCUT2D eigenvalue weighted by Crippen LogP contribution is -2.28. The monoisotopic (exact) mass is 322 g/mol. The molecule has 7 nitrogen and oxygen atoms in total. The minimum absolute atomic E-state index is 0.0404. The number of hydrogen-bond acceptors (Lipinski definition) is 5. The third-order valence-corrected chi connectivity index (χ3v) is 3.91. The van der Waals surface area contributed by atoms with Crippen LogP contribution in [-0.2, 0) is 23.4 Å². The van der Waals surface area contributed by atoms with E-state index in [1.54, 1.807) is 0 Å². The van der Waals surface area contributed by atoms with Crippen LogP contribution in [0, 0.1) is 17.8 Å². The number of hydrogen-bond donors (Lipinski definition) is 2. The van der Waals surface area contributed by atoms with E-state index in [2.05, 4.69) is 18.4 Å². The first-order chi connectivity index (χ1) is 9.70. The van der Waals surface area contributed by atoms with Crippen molar-refractivity contribution in [3.8, 4) is 0 Å². The number of ether oxygens (including phenoxy) is 1. The molecule has 1 unspecified atom stereocenters. The van der Waals surface area contributed by atoms with E-state index in [1.165, 1.54) is 0 Å². The maximum atomic E-state index is 12.1. The second-order valence-electron chi connectivity index (χ2n) is 5.76. The molecule has 1 heterocycles. The van der Waals surface area contributed by atoms with Gasteiger partial charge in [-0.1, -0.05) is 26.7 Å². The average molecular weight is 322 g/mol. The summed E-state index contributed by atoms with van der Waals surface area (Å²) in [7, 11) is -4.61. The minimum Gasteiger partial charge on any atom is -0.465 e. The van der Waals surface area contributed by atoms with Gasteiger partial charge in [-0.25, -0.2) is 4.57 Å². The standard InChI is InChI=1S/C13H23O7P/c1-9(2)5-3-4-6-11(14)12-10(7-19-13(12)15)8-20-21(16,17)18/h9-10,12H,3-8H2,1-2H3,(H2,16,17,18)/t10-,12?/m0/s1. The van der Waals surface area contributed by atoms with E-state index in [0.717, 1.165) is 12.8 Å². The average Bonchev–Trinajstić information content (AvgIpc) is 2.72. The predicted molar refractivity (Wildman–Crippen MR) is 74.2 cm³/mol. The van der Waals surface area contributed by atoms with Gasteiger partial charge in [0.15, 0.2) is 0 Å². The fraction of sp³-hybridized carbons (Fsp3) is 0.846. The van der Waals surface area contributed by atoms with Gasteiger partial charge in [0.1, 0.15) is 11.7 Å². The first-order valence-electron chi connectivity index (χ1n) is 7.10. The summed E-state index contributed by atoms with van der Waals surface area (Å²) < 4.78 is 19.9. The molecule has 0 aromatic rings. The van der Waals surface area contributed by atoms with Gasteiger partial charge in [-0.3, -0.25) is 14.1 Å². The third kappa shape index (κ3) is 6.70. The van der Waals surface area contributed by atoms with Crippen LogP contribution in [0.4, 0.5) is 0 Å². The number of cyclic esters (lactones) is 1. The zero-order valence-corrected chi connectivity index (χ0v) is 13.3. The summed E-state index contributed by atoms with van der Waals surface area (Å²) in [6.07, 6.45) is 2.91. The van der Waals surface area contributed by atoms with Gasteiger partial charge in [-0.15, -0.1) is 0 Å². The Morgan fingerprint density at radius 3 is 2.67 bits per heavy atom. The molecule has 21 heavy (non-hydrogen) atoms. The van der Waals surface area contributed by atoms with Gasteiger partial charge in [-0.2, -0.15) is 0 Å². The Morgan fingerprint density at radius 1 is 1.43 bits per heavy atom. The van der Waals surface area contributed by atoms with Gasteiger partial charge in [-0.05, 0) is 12.3 Å². The Hall–Kier alpha value is -0.750. The number of Topliss-reactive ketones (excluding diaryl/α,β-unsaturated/α-hetero) is 1. The van der Waals surface area contributed by atoms with Crippen LogP contribution in [0.2, 0.25) is 0 Å². The molecule has 0 bridgehead atoms. The Labute approximate surface area is 124 Å². The quantitative estimate of drug-likeness (QED) is 0.287. The molecule has 0 aromatic heterocycles. The van der Waals surface area contributed by atoms with Gasteiger partial charge in [0, 0.05) is 12.3 Å². The molecule has 1 aliphatic rings. The number of carbonyl (C=O) groups is 2. The van der Waals surface area contributed by atoms with Crippen LogP contribution in [-0.4, -0.2) is 34.8 Å². The molecule has 0 saturated carbocycles. The van der Waals surface area contributed by atoms with Crippen molar-refractivity contribution >= 4 is 19.6 Å². The summed E-state index contributed by atoms with van der Waals surface area (Å²) in [5, 5.41) is 0. The van der Waals surface area contributed by atoms with Crippen LogP contribution in [0.15, 0.2) is 0 Å². The normalized spacial score (nSPS) is 22.6. The number of carbonyl (C=O) groups excluding carboxylic acids is 2. The maximum absolute atomic E-state index is 12.1. The first-order valence-corrected chi connectivity index (χ1v) is 8.63. The largest absolute Gasteiger partial charge is 0.469 e. The summed E-state index contributed by atoms with van der Waals surface area (Å²) in [6.45, 7) is 3.80. The van der Waals surface area contributed by atoms with Crippen LogP contribution >= 0.6 is 7.82 Å². The van der Waals surface area contributed by atoms with E-state index in [9.17, 15) is 14.2 Å². The van der Waals surface area contributed by atoms with Crippen LogP contribution < -0.4 is 0 Å². The first kappa shape index (κ1) is 18.3. The van der Waals surface area contributed by atoms with Crippen molar-refractivity contribution in [1.82, 2.24) is 0 Å². The molecular weight excluding hydrogens is 299 g/mol. The summed E-state index contributed by atoms with van der Waals surface area (Å²) in [5.74, 6) is -1.87. The number of phosphoric acid groups is 1. The number of phosphoric ester groups is 1. The molecule has 0 amide bonds. The molecule has 2 N–H and O–H groups in total. The maximum Gasteiger partial charge on any atom is 0.469 e. The molecule has 0 aliphatic carbocycles. The SMILES string of the molecule is CC(C)CCCCC(=O)C1C(=O)OC[C@H]1COP(=O)(O)O. The van der Waals surface area contributed by atoms with Crippen molar-refractivity contribution in [2.75, 3.05) is 13.2 Å². The molecule has 1 fully saturated rings. The van der Waals surface area contributed by atoms with Crippen LogP contribution in [0.5, 0.6) is 0 Å². The molecular formula is C13H23O7P. The lowest BCUT2D eigenvalue weighted by molar-refractivity contribution is -0.144. The highest BCUT2D eigenvalue weighted by atomic mass is 31.2. The van der Waals surface area contributed by atoms with E-state index in [0.29, 0.717) is 12.3 Å². The topological polar surface area (TPSA) is 110 Å². The van der Waals surface area contributed by atoms with E-state index in [-0.39, 0.29) is 25.4 Å². The van der Waals surface area contributed by atoms with Crippen molar-refractivity contribution in [3.05, 3.63) is 0 Å². The summed E-state index contributed by atoms with van der Waals surface area (Å²) in [4.78, 5) is 41.0. The highest BCUT2D eigenvalue weighted by Gasteiger charge is 2.42. The molecule has 1 rings (SSSR count). The minimum atomic E-state index is -4.61. The smallest absolute Gasteiger partial charge is 0.465 e. The molecule has 0 spiro atoms. The highest BCUT2D eigenvalue weighted by Crippen LogP contribution is 2.38. The Morgan fingerprint density at radius 2 is 2.10 bits per heavy atom. The molecule has 1 saturated heterocycles. The van der Waals surface area contributed by atoms with Crippen LogP contribution in [0.25, 0.3) is 0 Å². The van der Waals surface area contributed by atoms with E-state index in [4.69, 9.17) is 14.5 Å². The van der Waals surface area contributed by atoms with E-state index >= 15 is 0 Å². The Kier molecular flexibility index (Phi) is 7.00. The van der Waals surface area contributed by atoms with Gasteiger partial charge >= 0.3 is 13.8 Å². The lowest BCUT2D eigenvalue weighted by atomic mass is 9.89.